The summed E-state index contributed by atoms with van der Waals surface area (Å²) in [6, 6.07) is 1.48. The van der Waals surface area contributed by atoms with Crippen LogP contribution in [0.4, 0.5) is 0 Å². The highest BCUT2D eigenvalue weighted by Gasteiger charge is 2.42. The van der Waals surface area contributed by atoms with Gasteiger partial charge < -0.3 is 10.4 Å². The fourth-order valence-corrected chi connectivity index (χ4v) is 4.39. The van der Waals surface area contributed by atoms with E-state index in [2.05, 4.69) is 31.0 Å². The second-order valence-electron chi connectivity index (χ2n) is 7.79. The predicted molar refractivity (Wildman–Crippen MR) is 89.5 cm³/mol. The van der Waals surface area contributed by atoms with Crippen LogP contribution in [0, 0.1) is 5.92 Å². The van der Waals surface area contributed by atoms with Gasteiger partial charge >= 0.3 is 0 Å². The van der Waals surface area contributed by atoms with Crippen LogP contribution >= 0.6 is 0 Å². The molecule has 3 nitrogen and oxygen atoms in total. The number of nitrogens with one attached hydrogen (secondary N) is 1. The van der Waals surface area contributed by atoms with Crippen LogP contribution in [0.3, 0.4) is 0 Å². The number of hydrogen-bond donors (Lipinski definition) is 2. The second-order valence-corrected chi connectivity index (χ2v) is 7.79. The van der Waals surface area contributed by atoms with E-state index in [0.29, 0.717) is 12.6 Å². The summed E-state index contributed by atoms with van der Waals surface area (Å²) in [5.74, 6) is 0.735. The molecule has 0 heterocycles. The molecule has 0 saturated heterocycles. The molecule has 0 aliphatic heterocycles. The molecule has 0 spiro atoms. The zero-order chi connectivity index (χ0) is 15.3. The standard InChI is InChI=1S/C18H36N2O/c1-4-11-19-18(14-21)10-9-17(12-18)20(13-15(2)3)16-7-5-6-8-16/h15-17,19,21H,4-14H2,1-3H3. The van der Waals surface area contributed by atoms with Gasteiger partial charge in [0.2, 0.25) is 0 Å². The van der Waals surface area contributed by atoms with Crippen LogP contribution in [0.1, 0.15) is 72.1 Å². The van der Waals surface area contributed by atoms with Crippen molar-refractivity contribution in [2.24, 2.45) is 5.92 Å². The number of nitrogens with zero attached hydrogens (tertiary/aromatic N) is 1. The van der Waals surface area contributed by atoms with Crippen LogP contribution in [0.2, 0.25) is 0 Å². The molecule has 124 valence electrons. The highest BCUT2D eigenvalue weighted by molar-refractivity contribution is 5.01. The van der Waals surface area contributed by atoms with E-state index >= 15 is 0 Å². The Kier molecular flexibility index (Phi) is 6.51. The van der Waals surface area contributed by atoms with E-state index in [-0.39, 0.29) is 5.54 Å². The van der Waals surface area contributed by atoms with Crippen LogP contribution in [0.5, 0.6) is 0 Å². The van der Waals surface area contributed by atoms with E-state index in [9.17, 15) is 5.11 Å². The Hall–Kier alpha value is -0.120. The van der Waals surface area contributed by atoms with Gasteiger partial charge in [0.25, 0.3) is 0 Å². The lowest BCUT2D eigenvalue weighted by molar-refractivity contribution is 0.103. The van der Waals surface area contributed by atoms with Crippen molar-refractivity contribution in [3.8, 4) is 0 Å². The molecule has 2 aliphatic carbocycles. The summed E-state index contributed by atoms with van der Waals surface area (Å²) >= 11 is 0. The number of hydrogen-bond acceptors (Lipinski definition) is 3. The van der Waals surface area contributed by atoms with Gasteiger partial charge in [-0.2, -0.15) is 0 Å². The largest absolute Gasteiger partial charge is 0.394 e. The van der Waals surface area contributed by atoms with E-state index in [1.165, 1.54) is 38.6 Å². The van der Waals surface area contributed by atoms with Gasteiger partial charge in [0.05, 0.1) is 6.61 Å². The van der Waals surface area contributed by atoms with Gasteiger partial charge in [-0.05, 0) is 51.0 Å². The van der Waals surface area contributed by atoms with Crippen LogP contribution in [0.25, 0.3) is 0 Å². The van der Waals surface area contributed by atoms with E-state index in [4.69, 9.17) is 0 Å². The van der Waals surface area contributed by atoms with Crippen molar-refractivity contribution in [2.45, 2.75) is 89.8 Å². The summed E-state index contributed by atoms with van der Waals surface area (Å²) in [6.45, 7) is 9.43. The Balaban J connectivity index is 2.00. The molecule has 2 saturated carbocycles. The maximum atomic E-state index is 9.91. The molecule has 2 fully saturated rings. The normalized spacial score (nSPS) is 30.9. The molecule has 0 radical (unpaired) electrons. The third-order valence-corrected chi connectivity index (χ3v) is 5.47. The SMILES string of the molecule is CCCNC1(CO)CCC(N(CC(C)C)C2CCCC2)C1. The summed E-state index contributed by atoms with van der Waals surface area (Å²) in [4.78, 5) is 2.81. The molecule has 0 bridgehead atoms. The van der Waals surface area contributed by atoms with Crippen molar-refractivity contribution >= 4 is 0 Å². The summed E-state index contributed by atoms with van der Waals surface area (Å²) < 4.78 is 0. The quantitative estimate of drug-likeness (QED) is 0.722. The van der Waals surface area contributed by atoms with Gasteiger partial charge in [-0.25, -0.2) is 0 Å². The lowest BCUT2D eigenvalue weighted by Crippen LogP contribution is -2.49. The highest BCUT2D eigenvalue weighted by atomic mass is 16.3. The molecule has 2 rings (SSSR count). The Labute approximate surface area is 131 Å². The van der Waals surface area contributed by atoms with Crippen LogP contribution in [-0.2, 0) is 0 Å². The van der Waals surface area contributed by atoms with E-state index in [0.717, 1.165) is 37.8 Å². The monoisotopic (exact) mass is 296 g/mol. The van der Waals surface area contributed by atoms with Gasteiger partial charge in [0.15, 0.2) is 0 Å². The molecule has 0 aromatic heterocycles. The van der Waals surface area contributed by atoms with Crippen molar-refractivity contribution < 1.29 is 5.11 Å². The minimum absolute atomic E-state index is 0.00545. The van der Waals surface area contributed by atoms with Gasteiger partial charge in [-0.15, -0.1) is 0 Å². The van der Waals surface area contributed by atoms with Crippen molar-refractivity contribution in [3.63, 3.8) is 0 Å². The molecular formula is C18H36N2O. The smallest absolute Gasteiger partial charge is 0.0613 e. The van der Waals surface area contributed by atoms with Gasteiger partial charge in [0.1, 0.15) is 0 Å². The topological polar surface area (TPSA) is 35.5 Å². The lowest BCUT2D eigenvalue weighted by atomic mass is 9.97. The van der Waals surface area contributed by atoms with Crippen molar-refractivity contribution in [1.29, 1.82) is 0 Å². The average molecular weight is 296 g/mol. The maximum absolute atomic E-state index is 9.91. The van der Waals surface area contributed by atoms with E-state index in [1.54, 1.807) is 0 Å². The third kappa shape index (κ3) is 4.43. The Morgan fingerprint density at radius 3 is 2.48 bits per heavy atom. The molecule has 3 heteroatoms. The summed E-state index contributed by atoms with van der Waals surface area (Å²) in [7, 11) is 0. The number of aliphatic hydroxyl groups is 1. The molecule has 0 aromatic carbocycles. The molecule has 2 aliphatic rings. The summed E-state index contributed by atoms with van der Waals surface area (Å²) in [5, 5.41) is 13.6. The Morgan fingerprint density at radius 1 is 1.19 bits per heavy atom. The second kappa shape index (κ2) is 7.94. The molecule has 0 aromatic rings. The number of rotatable bonds is 8. The minimum atomic E-state index is -0.00545. The fraction of sp³-hybridized carbons (Fsp3) is 1.00. The first-order valence-electron chi connectivity index (χ1n) is 9.22. The van der Waals surface area contributed by atoms with Crippen molar-refractivity contribution in [3.05, 3.63) is 0 Å². The van der Waals surface area contributed by atoms with E-state index in [1.807, 2.05) is 0 Å². The zero-order valence-corrected chi connectivity index (χ0v) is 14.4. The summed E-state index contributed by atoms with van der Waals surface area (Å²) in [5.41, 5.74) is -0.00545. The molecule has 2 N–H and O–H groups in total. The number of aliphatic hydroxyl groups excluding tert-OH is 1. The van der Waals surface area contributed by atoms with Crippen LogP contribution in [-0.4, -0.2) is 47.3 Å². The van der Waals surface area contributed by atoms with Crippen LogP contribution < -0.4 is 5.32 Å². The molecule has 2 atom stereocenters. The van der Waals surface area contributed by atoms with Crippen molar-refractivity contribution in [1.82, 2.24) is 10.2 Å². The third-order valence-electron chi connectivity index (χ3n) is 5.47. The maximum Gasteiger partial charge on any atom is 0.0613 e. The first-order valence-corrected chi connectivity index (χ1v) is 9.22. The van der Waals surface area contributed by atoms with Gasteiger partial charge in [-0.3, -0.25) is 4.90 Å². The lowest BCUT2D eigenvalue weighted by Gasteiger charge is -2.37. The van der Waals surface area contributed by atoms with Gasteiger partial charge in [-0.1, -0.05) is 33.6 Å². The van der Waals surface area contributed by atoms with Crippen molar-refractivity contribution in [2.75, 3.05) is 19.7 Å². The first kappa shape index (κ1) is 17.2. The van der Waals surface area contributed by atoms with E-state index < -0.39 is 0 Å². The Bertz CT molecular complexity index is 302. The molecule has 21 heavy (non-hydrogen) atoms. The highest BCUT2D eigenvalue weighted by Crippen LogP contribution is 2.37. The average Bonchev–Trinajstić information content (AvgIpc) is 3.13. The summed E-state index contributed by atoms with van der Waals surface area (Å²) in [6.07, 6.45) is 10.2. The Morgan fingerprint density at radius 2 is 1.90 bits per heavy atom. The molecule has 2 unspecified atom stereocenters. The predicted octanol–water partition coefficient (Wildman–Crippen LogP) is 3.17. The molecule has 0 amide bonds. The fourth-order valence-electron chi connectivity index (χ4n) is 4.39. The van der Waals surface area contributed by atoms with Crippen LogP contribution in [0.15, 0.2) is 0 Å². The molecular weight excluding hydrogens is 260 g/mol. The van der Waals surface area contributed by atoms with Gasteiger partial charge in [0, 0.05) is 24.2 Å². The first-order chi connectivity index (χ1) is 10.1. The zero-order valence-electron chi connectivity index (χ0n) is 14.4. The minimum Gasteiger partial charge on any atom is -0.394 e.